The summed E-state index contributed by atoms with van der Waals surface area (Å²) in [6, 6.07) is 11.5. The number of hydrogen-bond donors (Lipinski definition) is 2. The maximum Gasteiger partial charge on any atom is 0.446 e. The molecule has 0 bridgehead atoms. The monoisotopic (exact) mass is 496 g/mol. The Labute approximate surface area is 192 Å². The summed E-state index contributed by atoms with van der Waals surface area (Å²) in [4.78, 5) is 21.2. The topological polar surface area (TPSA) is 58.2 Å². The van der Waals surface area contributed by atoms with Gasteiger partial charge in [-0.3, -0.25) is 9.59 Å². The molecule has 182 valence electrons. The highest BCUT2D eigenvalue weighted by molar-refractivity contribution is 6.30. The number of anilines is 1. The van der Waals surface area contributed by atoms with E-state index in [1.165, 1.54) is 12.1 Å². The van der Waals surface area contributed by atoms with E-state index < -0.39 is 30.2 Å². The lowest BCUT2D eigenvalue weighted by Crippen LogP contribution is -2.43. The number of halogens is 7. The first-order valence-electron chi connectivity index (χ1n) is 9.72. The highest BCUT2D eigenvalue weighted by Gasteiger charge is 2.30. The highest BCUT2D eigenvalue weighted by Crippen LogP contribution is 2.30. The second kappa shape index (κ2) is 12.5. The maximum atomic E-state index is 12.6. The second-order valence-electron chi connectivity index (χ2n) is 7.27. The Kier molecular flexibility index (Phi) is 10.7. The van der Waals surface area contributed by atoms with Crippen LogP contribution < -0.4 is 10.6 Å². The minimum atomic E-state index is -4.64. The summed E-state index contributed by atoms with van der Waals surface area (Å²) >= 11 is 5.84. The van der Waals surface area contributed by atoms with Crippen molar-refractivity contribution in [3.8, 4) is 0 Å². The van der Waals surface area contributed by atoms with Crippen LogP contribution in [0.15, 0.2) is 48.5 Å². The fourth-order valence-corrected chi connectivity index (χ4v) is 2.69. The zero-order valence-electron chi connectivity index (χ0n) is 17.7. The van der Waals surface area contributed by atoms with Gasteiger partial charge in [0, 0.05) is 17.3 Å². The molecule has 0 saturated carbocycles. The number of hydrogen-bond acceptors (Lipinski definition) is 3. The summed E-state index contributed by atoms with van der Waals surface area (Å²) in [6.07, 6.45) is -9.42. The first-order valence-corrected chi connectivity index (χ1v) is 10.1. The first-order chi connectivity index (χ1) is 15.2. The molecule has 0 fully saturated rings. The molecule has 0 aliphatic rings. The standard InChI is InChI=1S/C20H22ClF3N2O.C2HF3O/c1-13(2)18(26-17-9-5-15(6-10-17)20(22,23)24)19(27)25-12-11-14-3-7-16(21)8-4-14;3-2(4,5)1-6/h3-10,13,18,26H,11-12H2,1-2H3,(H,25,27);1H/t18-;/m1./s1. The average molecular weight is 497 g/mol. The lowest BCUT2D eigenvalue weighted by Gasteiger charge is -2.23. The molecule has 11 heteroatoms. The number of carbonyl (C=O) groups excluding carboxylic acids is 2. The predicted octanol–water partition coefficient (Wildman–Crippen LogP) is 5.90. The molecular weight excluding hydrogens is 474 g/mol. The van der Waals surface area contributed by atoms with Crippen LogP contribution in [-0.4, -0.2) is 31.0 Å². The van der Waals surface area contributed by atoms with Gasteiger partial charge < -0.3 is 10.6 Å². The van der Waals surface area contributed by atoms with Crippen LogP contribution >= 0.6 is 11.6 Å². The summed E-state index contributed by atoms with van der Waals surface area (Å²) in [7, 11) is 0. The van der Waals surface area contributed by atoms with Gasteiger partial charge in [0.2, 0.25) is 12.2 Å². The molecule has 1 amide bonds. The van der Waals surface area contributed by atoms with Crippen LogP contribution in [0.1, 0.15) is 25.0 Å². The van der Waals surface area contributed by atoms with E-state index in [1.54, 1.807) is 12.1 Å². The van der Waals surface area contributed by atoms with Gasteiger partial charge in [-0.25, -0.2) is 0 Å². The number of nitrogens with one attached hydrogen (secondary N) is 2. The predicted molar refractivity (Wildman–Crippen MR) is 114 cm³/mol. The van der Waals surface area contributed by atoms with E-state index in [0.717, 1.165) is 17.7 Å². The van der Waals surface area contributed by atoms with Crippen molar-refractivity contribution in [3.05, 3.63) is 64.7 Å². The molecule has 2 aromatic carbocycles. The molecule has 2 N–H and O–H groups in total. The van der Waals surface area contributed by atoms with Gasteiger partial charge in [-0.15, -0.1) is 0 Å². The number of rotatable bonds is 7. The van der Waals surface area contributed by atoms with Crippen LogP contribution in [0.2, 0.25) is 5.02 Å². The van der Waals surface area contributed by atoms with Crippen molar-refractivity contribution < 1.29 is 35.9 Å². The van der Waals surface area contributed by atoms with Gasteiger partial charge in [-0.2, -0.15) is 26.3 Å². The molecular formula is C22H23ClF6N2O2. The fourth-order valence-electron chi connectivity index (χ4n) is 2.56. The number of alkyl halides is 6. The molecule has 4 nitrogen and oxygen atoms in total. The molecule has 0 saturated heterocycles. The summed E-state index contributed by atoms with van der Waals surface area (Å²) in [5.41, 5.74) is 0.799. The van der Waals surface area contributed by atoms with Gasteiger partial charge in [0.1, 0.15) is 6.04 Å². The van der Waals surface area contributed by atoms with Gasteiger partial charge >= 0.3 is 12.4 Å². The largest absolute Gasteiger partial charge is 0.446 e. The Morgan fingerprint density at radius 2 is 1.48 bits per heavy atom. The molecule has 33 heavy (non-hydrogen) atoms. The van der Waals surface area contributed by atoms with Crippen LogP contribution in [0.3, 0.4) is 0 Å². The molecule has 0 unspecified atom stereocenters. The van der Waals surface area contributed by atoms with Gasteiger partial charge in [-0.05, 0) is 54.3 Å². The zero-order chi connectivity index (χ0) is 25.2. The van der Waals surface area contributed by atoms with Gasteiger partial charge in [0.25, 0.3) is 0 Å². The van der Waals surface area contributed by atoms with Crippen LogP contribution in [-0.2, 0) is 22.2 Å². The number of carbonyl (C=O) groups is 2. The number of benzene rings is 2. The molecule has 1 atom stereocenters. The summed E-state index contributed by atoms with van der Waals surface area (Å²) in [6.45, 7) is 4.21. The Balaban J connectivity index is 0.000000801. The maximum absolute atomic E-state index is 12.6. The van der Waals surface area contributed by atoms with E-state index in [1.807, 2.05) is 26.0 Å². The van der Waals surface area contributed by atoms with Crippen molar-refractivity contribution in [2.45, 2.75) is 38.7 Å². The van der Waals surface area contributed by atoms with Gasteiger partial charge in [-0.1, -0.05) is 37.6 Å². The zero-order valence-corrected chi connectivity index (χ0v) is 18.5. The van der Waals surface area contributed by atoms with E-state index in [2.05, 4.69) is 10.6 Å². The Morgan fingerprint density at radius 1 is 0.970 bits per heavy atom. The average Bonchev–Trinajstić information content (AvgIpc) is 2.72. The van der Waals surface area contributed by atoms with Crippen molar-refractivity contribution in [2.75, 3.05) is 11.9 Å². The van der Waals surface area contributed by atoms with E-state index >= 15 is 0 Å². The quantitative estimate of drug-likeness (QED) is 0.370. The smallest absolute Gasteiger partial charge is 0.373 e. The third-order valence-corrected chi connectivity index (χ3v) is 4.50. The SMILES string of the molecule is CC(C)[C@@H](Nc1ccc(C(F)(F)F)cc1)C(=O)NCCc1ccc(Cl)cc1.O=CC(F)(F)F. The van der Waals surface area contributed by atoms with Crippen LogP contribution in [0.5, 0.6) is 0 Å². The van der Waals surface area contributed by atoms with E-state index in [0.29, 0.717) is 23.7 Å². The van der Waals surface area contributed by atoms with Crippen LogP contribution in [0.25, 0.3) is 0 Å². The second-order valence-corrected chi connectivity index (χ2v) is 7.70. The molecule has 0 aliphatic carbocycles. The Hall–Kier alpha value is -2.75. The van der Waals surface area contributed by atoms with Crippen LogP contribution in [0.4, 0.5) is 32.0 Å². The van der Waals surface area contributed by atoms with Crippen LogP contribution in [0, 0.1) is 5.92 Å². The number of aldehydes is 1. The summed E-state index contributed by atoms with van der Waals surface area (Å²) in [5, 5.41) is 6.54. The Bertz CT molecular complexity index is 882. The molecule has 0 heterocycles. The highest BCUT2D eigenvalue weighted by atomic mass is 35.5. The van der Waals surface area contributed by atoms with Crippen molar-refractivity contribution in [1.82, 2.24) is 5.32 Å². The van der Waals surface area contributed by atoms with Crippen molar-refractivity contribution in [2.24, 2.45) is 5.92 Å². The fraction of sp³-hybridized carbons (Fsp3) is 0.364. The van der Waals surface area contributed by atoms with E-state index in [9.17, 15) is 31.1 Å². The molecule has 0 spiro atoms. The molecule has 0 aromatic heterocycles. The molecule has 2 aromatic rings. The minimum absolute atomic E-state index is 0.0391. The Morgan fingerprint density at radius 3 is 1.91 bits per heavy atom. The van der Waals surface area contributed by atoms with Gasteiger partial charge in [0.15, 0.2) is 0 Å². The lowest BCUT2D eigenvalue weighted by molar-refractivity contribution is -0.156. The minimum Gasteiger partial charge on any atom is -0.373 e. The lowest BCUT2D eigenvalue weighted by atomic mass is 10.0. The molecule has 2 rings (SSSR count). The van der Waals surface area contributed by atoms with Crippen molar-refractivity contribution >= 4 is 29.5 Å². The molecule has 0 aliphatic heterocycles. The first kappa shape index (κ1) is 28.3. The third kappa shape index (κ3) is 11.1. The summed E-state index contributed by atoms with van der Waals surface area (Å²) in [5.74, 6) is -0.235. The van der Waals surface area contributed by atoms with Crippen molar-refractivity contribution in [3.63, 3.8) is 0 Å². The van der Waals surface area contributed by atoms with E-state index in [-0.39, 0.29) is 11.8 Å². The third-order valence-electron chi connectivity index (χ3n) is 4.24. The van der Waals surface area contributed by atoms with Gasteiger partial charge in [0.05, 0.1) is 5.56 Å². The summed E-state index contributed by atoms with van der Waals surface area (Å²) < 4.78 is 69.2. The number of amides is 1. The van der Waals surface area contributed by atoms with Crippen molar-refractivity contribution in [1.29, 1.82) is 0 Å². The normalized spacial score (nSPS) is 12.4. The van der Waals surface area contributed by atoms with E-state index in [4.69, 9.17) is 16.4 Å². The molecule has 0 radical (unpaired) electrons.